The third kappa shape index (κ3) is 3.97. The smallest absolute Gasteiger partial charge is 0.245 e. The maximum atomic E-state index is 13.5. The van der Waals surface area contributed by atoms with Crippen LogP contribution in [0.4, 0.5) is 5.82 Å². The molecule has 1 saturated heterocycles. The third-order valence-corrected chi connectivity index (χ3v) is 7.97. The number of amidine groups is 1. The summed E-state index contributed by atoms with van der Waals surface area (Å²) in [6.45, 7) is 3.66. The number of rotatable bonds is 4. The second kappa shape index (κ2) is 8.41. The summed E-state index contributed by atoms with van der Waals surface area (Å²) in [6.07, 6.45) is 11.1. The highest BCUT2D eigenvalue weighted by Gasteiger charge is 2.47. The normalized spacial score (nSPS) is 32.4. The Bertz CT molecular complexity index is 1050. The van der Waals surface area contributed by atoms with Crippen LogP contribution in [0.2, 0.25) is 0 Å². The topological polar surface area (TPSA) is 127 Å². The molecule has 6 rings (SSSR count). The molecule has 5 aliphatic rings. The van der Waals surface area contributed by atoms with Gasteiger partial charge in [0.15, 0.2) is 11.7 Å². The minimum Gasteiger partial charge on any atom is -0.351 e. The number of amides is 1. The van der Waals surface area contributed by atoms with Crippen molar-refractivity contribution >= 4 is 23.5 Å². The lowest BCUT2D eigenvalue weighted by Crippen LogP contribution is -2.62. The van der Waals surface area contributed by atoms with E-state index in [4.69, 9.17) is 15.7 Å². The Labute approximate surface area is 200 Å². The molecule has 2 saturated carbocycles. The minimum atomic E-state index is -0.650. The summed E-state index contributed by atoms with van der Waals surface area (Å²) in [5.74, 6) is 2.68. The van der Waals surface area contributed by atoms with Gasteiger partial charge in [0.2, 0.25) is 11.9 Å². The second-order valence-electron chi connectivity index (χ2n) is 10.6. The Balaban J connectivity index is 1.25. The molecule has 1 aromatic rings. The van der Waals surface area contributed by atoms with E-state index in [1.54, 1.807) is 0 Å². The van der Waals surface area contributed by atoms with E-state index < -0.39 is 5.54 Å². The molecular weight excluding hydrogens is 430 g/mol. The van der Waals surface area contributed by atoms with E-state index in [1.165, 1.54) is 12.8 Å². The number of fused-ring (bicyclic) bond motifs is 1. The van der Waals surface area contributed by atoms with Gasteiger partial charge < -0.3 is 16.0 Å². The lowest BCUT2D eigenvalue weighted by molar-refractivity contribution is -0.130. The number of hydrogen-bond donors (Lipinski definition) is 4. The number of likely N-dealkylation sites (tertiary alicyclic amines) is 1. The van der Waals surface area contributed by atoms with Gasteiger partial charge in [0.05, 0.1) is 5.70 Å². The second-order valence-corrected chi connectivity index (χ2v) is 10.6. The zero-order valence-electron chi connectivity index (χ0n) is 19.9. The summed E-state index contributed by atoms with van der Waals surface area (Å²) in [6, 6.07) is 2.51. The van der Waals surface area contributed by atoms with Gasteiger partial charge >= 0.3 is 0 Å². The Morgan fingerprint density at radius 2 is 2.06 bits per heavy atom. The molecular formula is C24H35N9O. The Hall–Kier alpha value is -2.88. The molecule has 2 aliphatic carbocycles. The van der Waals surface area contributed by atoms with Gasteiger partial charge in [-0.2, -0.15) is 10.1 Å². The van der Waals surface area contributed by atoms with Crippen LogP contribution in [-0.2, 0) is 4.79 Å². The van der Waals surface area contributed by atoms with Gasteiger partial charge in [-0.25, -0.2) is 4.99 Å². The zero-order valence-corrected chi connectivity index (χ0v) is 19.9. The van der Waals surface area contributed by atoms with Gasteiger partial charge in [0.25, 0.3) is 0 Å². The van der Waals surface area contributed by atoms with E-state index in [0.29, 0.717) is 23.5 Å². The Kier molecular flexibility index (Phi) is 5.35. The molecule has 182 valence electrons. The molecule has 1 amide bonds. The average molecular weight is 466 g/mol. The van der Waals surface area contributed by atoms with Crippen LogP contribution >= 0.6 is 0 Å². The Morgan fingerprint density at radius 1 is 1.24 bits per heavy atom. The maximum Gasteiger partial charge on any atom is 0.245 e. The van der Waals surface area contributed by atoms with Gasteiger partial charge in [-0.05, 0) is 64.7 Å². The minimum absolute atomic E-state index is 0.0811. The largest absolute Gasteiger partial charge is 0.351 e. The van der Waals surface area contributed by atoms with Gasteiger partial charge in [-0.15, -0.1) is 0 Å². The van der Waals surface area contributed by atoms with Gasteiger partial charge in [-0.3, -0.25) is 20.3 Å². The third-order valence-electron chi connectivity index (χ3n) is 7.97. The summed E-state index contributed by atoms with van der Waals surface area (Å²) in [5.41, 5.74) is 11.0. The van der Waals surface area contributed by atoms with Crippen molar-refractivity contribution in [3.8, 4) is 0 Å². The summed E-state index contributed by atoms with van der Waals surface area (Å²) in [5, 5.41) is 12.9. The van der Waals surface area contributed by atoms with Gasteiger partial charge in [0, 0.05) is 42.9 Å². The lowest BCUT2D eigenvalue weighted by atomic mass is 9.90. The number of nitrogens with zero attached hydrogens (tertiary/aromatic N) is 5. The number of hydrogen-bond acceptors (Lipinski definition) is 7. The van der Waals surface area contributed by atoms with Gasteiger partial charge in [-0.1, -0.05) is 6.08 Å². The molecule has 10 heteroatoms. The monoisotopic (exact) mass is 465 g/mol. The molecule has 0 bridgehead atoms. The molecule has 4 heterocycles. The zero-order chi connectivity index (χ0) is 23.3. The molecule has 1 atom stereocenters. The van der Waals surface area contributed by atoms with Crippen molar-refractivity contribution in [2.24, 2.45) is 15.7 Å². The van der Waals surface area contributed by atoms with Crippen molar-refractivity contribution in [1.29, 1.82) is 0 Å². The summed E-state index contributed by atoms with van der Waals surface area (Å²) >= 11 is 0. The van der Waals surface area contributed by atoms with E-state index in [0.717, 1.165) is 69.4 Å². The van der Waals surface area contributed by atoms with Crippen LogP contribution in [-0.4, -0.2) is 68.5 Å². The van der Waals surface area contributed by atoms with Crippen molar-refractivity contribution in [2.45, 2.75) is 88.3 Å². The van der Waals surface area contributed by atoms with Crippen LogP contribution in [0.1, 0.15) is 76.3 Å². The fourth-order valence-electron chi connectivity index (χ4n) is 5.63. The molecule has 1 aromatic heterocycles. The molecule has 0 aromatic carbocycles. The molecule has 0 unspecified atom stereocenters. The molecule has 34 heavy (non-hydrogen) atoms. The van der Waals surface area contributed by atoms with Crippen LogP contribution in [0.3, 0.4) is 0 Å². The fourth-order valence-corrected chi connectivity index (χ4v) is 5.63. The predicted octanol–water partition coefficient (Wildman–Crippen LogP) is 2.02. The number of carbonyl (C=O) groups is 1. The molecule has 0 spiro atoms. The summed E-state index contributed by atoms with van der Waals surface area (Å²) < 4.78 is 0. The van der Waals surface area contributed by atoms with Gasteiger partial charge in [0.1, 0.15) is 5.54 Å². The molecule has 3 fully saturated rings. The highest BCUT2D eigenvalue weighted by molar-refractivity contribution is 6.09. The van der Waals surface area contributed by atoms with Crippen molar-refractivity contribution in [1.82, 2.24) is 30.8 Å². The number of aliphatic imine (C=N–C) groups is 2. The first-order chi connectivity index (χ1) is 16.5. The highest BCUT2D eigenvalue weighted by Crippen LogP contribution is 2.40. The number of H-pyrrole nitrogens is 1. The quantitative estimate of drug-likeness (QED) is 0.539. The number of nitrogens with one attached hydrogen (secondary N) is 3. The van der Waals surface area contributed by atoms with Crippen LogP contribution in [0.25, 0.3) is 0 Å². The number of carbonyl (C=O) groups excluding carboxylic acids is 1. The van der Waals surface area contributed by atoms with E-state index in [1.807, 2.05) is 13.0 Å². The first-order valence-corrected chi connectivity index (χ1v) is 12.8. The molecule has 10 nitrogen and oxygen atoms in total. The maximum absolute atomic E-state index is 13.5. The number of aromatic amines is 1. The standard InChI is InChI=1S/C24H35N9O/c1-24(22(34)26-17-9-7-16(25)8-10-17)11-3-12-32(24)23-28-21(19-4-2-13-33(19)31-23)27-20-14-18(29-30-20)15-5-6-15/h4,14-17H,2-3,5-13,25H2,1H3,(H,26,34)(H2,27,28,29,30,31)/t16?,17?,24-/m0/s1. The lowest BCUT2D eigenvalue weighted by Gasteiger charge is -2.41. The SMILES string of the molecule is C[C@@]1(C(=O)NC2CCC(N)CC2)CCCN1C1=NC(=Nc2cc(C3CC3)[nH]n2)C2=CCCN2N1. The Morgan fingerprint density at radius 3 is 2.85 bits per heavy atom. The first-order valence-electron chi connectivity index (χ1n) is 12.8. The van der Waals surface area contributed by atoms with Crippen molar-refractivity contribution in [3.63, 3.8) is 0 Å². The average Bonchev–Trinajstić information content (AvgIpc) is 3.20. The molecule has 0 radical (unpaired) electrons. The number of hydrazine groups is 1. The first kappa shape index (κ1) is 21.6. The number of guanidine groups is 1. The predicted molar refractivity (Wildman–Crippen MR) is 130 cm³/mol. The fraction of sp³-hybridized carbons (Fsp3) is 0.667. The number of aromatic nitrogens is 2. The van der Waals surface area contributed by atoms with E-state index in [-0.39, 0.29) is 18.0 Å². The van der Waals surface area contributed by atoms with Crippen LogP contribution in [0.15, 0.2) is 27.8 Å². The van der Waals surface area contributed by atoms with E-state index >= 15 is 0 Å². The molecule has 5 N–H and O–H groups in total. The van der Waals surface area contributed by atoms with E-state index in [2.05, 4.69) is 36.9 Å². The van der Waals surface area contributed by atoms with Crippen molar-refractivity contribution < 1.29 is 4.79 Å². The van der Waals surface area contributed by atoms with Crippen LogP contribution in [0.5, 0.6) is 0 Å². The van der Waals surface area contributed by atoms with Crippen molar-refractivity contribution in [2.75, 3.05) is 13.1 Å². The summed E-state index contributed by atoms with van der Waals surface area (Å²) in [7, 11) is 0. The molecule has 3 aliphatic heterocycles. The summed E-state index contributed by atoms with van der Waals surface area (Å²) in [4.78, 5) is 25.4. The number of nitrogens with two attached hydrogens (primary N) is 1. The van der Waals surface area contributed by atoms with E-state index in [9.17, 15) is 4.79 Å². The van der Waals surface area contributed by atoms with Crippen molar-refractivity contribution in [3.05, 3.63) is 23.5 Å². The van der Waals surface area contributed by atoms with Crippen LogP contribution < -0.4 is 16.5 Å². The van der Waals surface area contributed by atoms with Crippen LogP contribution in [0, 0.1) is 0 Å². The highest BCUT2D eigenvalue weighted by atomic mass is 16.2.